The number of rotatable bonds is 5. The van der Waals surface area contributed by atoms with E-state index in [2.05, 4.69) is 0 Å². The van der Waals surface area contributed by atoms with Crippen LogP contribution >= 0.6 is 0 Å². The predicted molar refractivity (Wildman–Crippen MR) is 64.0 cm³/mol. The van der Waals surface area contributed by atoms with Crippen LogP contribution in [0.4, 0.5) is 10.1 Å². The van der Waals surface area contributed by atoms with E-state index in [0.717, 1.165) is 11.3 Å². The molecular formula is C12H19FN2O. The smallest absolute Gasteiger partial charge is 0.123 e. The van der Waals surface area contributed by atoms with E-state index in [1.54, 1.807) is 13.2 Å². The second-order valence-corrected chi connectivity index (χ2v) is 3.89. The Morgan fingerprint density at radius 3 is 2.75 bits per heavy atom. The fraction of sp³-hybridized carbons (Fsp3) is 0.500. The lowest BCUT2D eigenvalue weighted by molar-refractivity contribution is 0.183. The van der Waals surface area contributed by atoms with Gasteiger partial charge in [0.15, 0.2) is 0 Å². The highest BCUT2D eigenvalue weighted by Gasteiger charge is 2.13. The van der Waals surface area contributed by atoms with E-state index in [0.29, 0.717) is 13.2 Å². The van der Waals surface area contributed by atoms with Gasteiger partial charge in [-0.25, -0.2) is 4.39 Å². The van der Waals surface area contributed by atoms with Crippen LogP contribution in [0.15, 0.2) is 18.2 Å². The second-order valence-electron chi connectivity index (χ2n) is 3.89. The van der Waals surface area contributed by atoms with E-state index in [1.165, 1.54) is 12.1 Å². The van der Waals surface area contributed by atoms with Crippen molar-refractivity contribution in [3.8, 4) is 0 Å². The van der Waals surface area contributed by atoms with Crippen LogP contribution in [0.3, 0.4) is 0 Å². The van der Waals surface area contributed by atoms with Crippen molar-refractivity contribution in [2.75, 3.05) is 25.7 Å². The zero-order valence-corrected chi connectivity index (χ0v) is 10.0. The Labute approximate surface area is 96.0 Å². The predicted octanol–water partition coefficient (Wildman–Crippen LogP) is 1.76. The van der Waals surface area contributed by atoms with E-state index in [-0.39, 0.29) is 11.9 Å². The molecule has 0 aliphatic carbocycles. The number of nitrogens with zero attached hydrogens (tertiary/aromatic N) is 1. The molecule has 0 spiro atoms. The van der Waals surface area contributed by atoms with Crippen LogP contribution in [-0.4, -0.2) is 26.8 Å². The summed E-state index contributed by atoms with van der Waals surface area (Å²) in [5.74, 6) is -0.253. The number of anilines is 1. The zero-order chi connectivity index (χ0) is 12.1. The Morgan fingerprint density at radius 1 is 1.50 bits per heavy atom. The lowest BCUT2D eigenvalue weighted by Crippen LogP contribution is -2.33. The van der Waals surface area contributed by atoms with E-state index < -0.39 is 0 Å². The van der Waals surface area contributed by atoms with Crippen LogP contribution in [0.25, 0.3) is 0 Å². The largest absolute Gasteiger partial charge is 0.383 e. The molecule has 1 aromatic rings. The minimum atomic E-state index is -0.253. The maximum Gasteiger partial charge on any atom is 0.123 e. The first kappa shape index (κ1) is 12.9. The molecule has 16 heavy (non-hydrogen) atoms. The van der Waals surface area contributed by atoms with Gasteiger partial charge in [-0.2, -0.15) is 0 Å². The van der Waals surface area contributed by atoms with E-state index in [4.69, 9.17) is 10.5 Å². The Morgan fingerprint density at radius 2 is 2.19 bits per heavy atom. The molecule has 0 aliphatic heterocycles. The van der Waals surface area contributed by atoms with E-state index in [9.17, 15) is 4.39 Å². The molecule has 0 aromatic heterocycles. The Kier molecular flexibility index (Phi) is 4.71. The topological polar surface area (TPSA) is 38.5 Å². The van der Waals surface area contributed by atoms with Crippen molar-refractivity contribution in [2.24, 2.45) is 5.73 Å². The van der Waals surface area contributed by atoms with Gasteiger partial charge in [0, 0.05) is 32.4 Å². The maximum absolute atomic E-state index is 13.0. The number of methoxy groups -OCH3 is 1. The van der Waals surface area contributed by atoms with Crippen LogP contribution in [0.2, 0.25) is 0 Å². The van der Waals surface area contributed by atoms with Crippen LogP contribution in [0.5, 0.6) is 0 Å². The quantitative estimate of drug-likeness (QED) is 0.831. The summed E-state index contributed by atoms with van der Waals surface area (Å²) < 4.78 is 18.1. The molecule has 1 rings (SSSR count). The molecule has 2 N–H and O–H groups in total. The van der Waals surface area contributed by atoms with E-state index >= 15 is 0 Å². The number of hydrogen-bond acceptors (Lipinski definition) is 3. The number of benzene rings is 1. The summed E-state index contributed by atoms with van der Waals surface area (Å²) in [6.07, 6.45) is 0. The lowest BCUT2D eigenvalue weighted by Gasteiger charge is -2.28. The summed E-state index contributed by atoms with van der Waals surface area (Å²) in [6.45, 7) is 3.00. The van der Waals surface area contributed by atoms with Gasteiger partial charge in [0.25, 0.3) is 0 Å². The van der Waals surface area contributed by atoms with Gasteiger partial charge in [-0.1, -0.05) is 0 Å². The standard InChI is InChI=1S/C12H19FN2O/c1-9(8-16-3)15(2)12-5-4-11(13)6-10(12)7-14/h4-6,9H,7-8,14H2,1-3H3. The highest BCUT2D eigenvalue weighted by Crippen LogP contribution is 2.22. The molecule has 0 aliphatic rings. The fourth-order valence-electron chi connectivity index (χ4n) is 1.65. The summed E-state index contributed by atoms with van der Waals surface area (Å²) in [7, 11) is 3.62. The summed E-state index contributed by atoms with van der Waals surface area (Å²) >= 11 is 0. The summed E-state index contributed by atoms with van der Waals surface area (Å²) in [5.41, 5.74) is 7.37. The number of nitrogens with two attached hydrogens (primary N) is 1. The third-order valence-electron chi connectivity index (χ3n) is 2.71. The van der Waals surface area contributed by atoms with Gasteiger partial charge < -0.3 is 15.4 Å². The highest BCUT2D eigenvalue weighted by molar-refractivity contribution is 5.54. The summed E-state index contributed by atoms with van der Waals surface area (Å²) in [4.78, 5) is 2.05. The minimum absolute atomic E-state index is 0.223. The molecule has 0 bridgehead atoms. The van der Waals surface area contributed by atoms with Crippen molar-refractivity contribution in [1.82, 2.24) is 0 Å². The second kappa shape index (κ2) is 5.82. The third-order valence-corrected chi connectivity index (χ3v) is 2.71. The lowest BCUT2D eigenvalue weighted by atomic mass is 10.1. The molecule has 0 heterocycles. The highest BCUT2D eigenvalue weighted by atomic mass is 19.1. The van der Waals surface area contributed by atoms with Gasteiger partial charge in [-0.3, -0.25) is 0 Å². The van der Waals surface area contributed by atoms with Crippen molar-refractivity contribution in [1.29, 1.82) is 0 Å². The molecule has 4 heteroatoms. The average Bonchev–Trinajstić information content (AvgIpc) is 2.28. The van der Waals surface area contributed by atoms with Crippen LogP contribution in [-0.2, 0) is 11.3 Å². The first-order valence-corrected chi connectivity index (χ1v) is 5.30. The average molecular weight is 226 g/mol. The maximum atomic E-state index is 13.0. The van der Waals surface area contributed by atoms with Crippen LogP contribution < -0.4 is 10.6 Å². The molecule has 3 nitrogen and oxygen atoms in total. The Bertz CT molecular complexity index is 344. The molecule has 0 saturated carbocycles. The van der Waals surface area contributed by atoms with Crippen molar-refractivity contribution in [3.63, 3.8) is 0 Å². The van der Waals surface area contributed by atoms with Crippen molar-refractivity contribution in [2.45, 2.75) is 19.5 Å². The first-order valence-electron chi connectivity index (χ1n) is 5.30. The summed E-state index contributed by atoms with van der Waals surface area (Å²) in [6, 6.07) is 4.90. The van der Waals surface area contributed by atoms with Gasteiger partial charge in [0.2, 0.25) is 0 Å². The molecule has 0 radical (unpaired) electrons. The van der Waals surface area contributed by atoms with Gasteiger partial charge in [0.1, 0.15) is 5.82 Å². The fourth-order valence-corrected chi connectivity index (χ4v) is 1.65. The Balaban J connectivity index is 2.93. The third kappa shape index (κ3) is 2.93. The molecule has 1 atom stereocenters. The molecule has 0 amide bonds. The van der Waals surface area contributed by atoms with Gasteiger partial charge in [0.05, 0.1) is 6.61 Å². The van der Waals surface area contributed by atoms with Crippen LogP contribution in [0.1, 0.15) is 12.5 Å². The van der Waals surface area contributed by atoms with Gasteiger partial charge >= 0.3 is 0 Å². The van der Waals surface area contributed by atoms with Crippen molar-refractivity contribution >= 4 is 5.69 Å². The number of halogens is 1. The summed E-state index contributed by atoms with van der Waals surface area (Å²) in [5, 5.41) is 0. The number of ether oxygens (including phenoxy) is 1. The SMILES string of the molecule is COCC(C)N(C)c1ccc(F)cc1CN. The number of likely N-dealkylation sites (N-methyl/N-ethyl adjacent to an activating group) is 1. The van der Waals surface area contributed by atoms with Crippen molar-refractivity contribution in [3.05, 3.63) is 29.6 Å². The molecule has 1 aromatic carbocycles. The van der Waals surface area contributed by atoms with Crippen molar-refractivity contribution < 1.29 is 9.13 Å². The van der Waals surface area contributed by atoms with Gasteiger partial charge in [-0.05, 0) is 30.7 Å². The molecule has 0 fully saturated rings. The molecule has 0 saturated heterocycles. The number of hydrogen-bond donors (Lipinski definition) is 1. The van der Waals surface area contributed by atoms with E-state index in [1.807, 2.05) is 18.9 Å². The zero-order valence-electron chi connectivity index (χ0n) is 10.0. The molecular weight excluding hydrogens is 207 g/mol. The minimum Gasteiger partial charge on any atom is -0.383 e. The molecule has 90 valence electrons. The van der Waals surface area contributed by atoms with Crippen LogP contribution in [0, 0.1) is 5.82 Å². The van der Waals surface area contributed by atoms with Gasteiger partial charge in [-0.15, -0.1) is 0 Å². The normalized spacial score (nSPS) is 12.6. The molecule has 1 unspecified atom stereocenters. The monoisotopic (exact) mass is 226 g/mol. The first-order chi connectivity index (χ1) is 7.60. The Hall–Kier alpha value is -1.13.